The minimum atomic E-state index is -0.968. The van der Waals surface area contributed by atoms with Gasteiger partial charge in [0.15, 0.2) is 0 Å². The number of nitrogens with zero attached hydrogens (tertiary/aromatic N) is 2. The van der Waals surface area contributed by atoms with Gasteiger partial charge >= 0.3 is 6.03 Å². The van der Waals surface area contributed by atoms with E-state index in [9.17, 15) is 9.59 Å². The Morgan fingerprint density at radius 3 is 2.54 bits per heavy atom. The lowest BCUT2D eigenvalue weighted by Gasteiger charge is -2.36. The molecule has 1 aliphatic carbocycles. The van der Waals surface area contributed by atoms with Crippen LogP contribution in [0.15, 0.2) is 24.3 Å². The van der Waals surface area contributed by atoms with Crippen LogP contribution in [0.2, 0.25) is 5.02 Å². The predicted octanol–water partition coefficient (Wildman–Crippen LogP) is 4.78. The Kier molecular flexibility index (Phi) is 6.51. The summed E-state index contributed by atoms with van der Waals surface area (Å²) in [6.45, 7) is 4.05. The molecular formula is C19H24ClN5O2S. The second-order valence-corrected chi connectivity index (χ2v) is 8.73. The van der Waals surface area contributed by atoms with Gasteiger partial charge < -0.3 is 10.6 Å². The number of anilines is 2. The fourth-order valence-electron chi connectivity index (χ4n) is 3.25. The molecule has 0 radical (unpaired) electrons. The largest absolute Gasteiger partial charge is 0.323 e. The molecule has 0 spiro atoms. The highest BCUT2D eigenvalue weighted by molar-refractivity contribution is 7.15. The fourth-order valence-corrected chi connectivity index (χ4v) is 4.18. The summed E-state index contributed by atoms with van der Waals surface area (Å²) >= 11 is 7.32. The Hall–Kier alpha value is -2.19. The van der Waals surface area contributed by atoms with Crippen LogP contribution in [0.1, 0.15) is 56.9 Å². The van der Waals surface area contributed by atoms with Crippen LogP contribution in [0.4, 0.5) is 15.6 Å². The quantitative estimate of drug-likeness (QED) is 0.647. The molecule has 0 atom stereocenters. The molecule has 1 saturated carbocycles. The lowest BCUT2D eigenvalue weighted by Crippen LogP contribution is -2.58. The molecule has 0 aliphatic heterocycles. The zero-order valence-electron chi connectivity index (χ0n) is 15.9. The van der Waals surface area contributed by atoms with Gasteiger partial charge in [-0.3, -0.25) is 10.1 Å². The van der Waals surface area contributed by atoms with Crippen molar-refractivity contribution in [1.82, 2.24) is 15.5 Å². The van der Waals surface area contributed by atoms with Crippen molar-refractivity contribution in [2.24, 2.45) is 0 Å². The molecule has 9 heteroatoms. The highest BCUT2D eigenvalue weighted by Crippen LogP contribution is 2.31. The van der Waals surface area contributed by atoms with Gasteiger partial charge in [0.2, 0.25) is 5.13 Å². The first-order chi connectivity index (χ1) is 13.4. The summed E-state index contributed by atoms with van der Waals surface area (Å²) in [6.07, 6.45) is 3.95. The van der Waals surface area contributed by atoms with Gasteiger partial charge in [-0.2, -0.15) is 0 Å². The van der Waals surface area contributed by atoms with Gasteiger partial charge in [0.25, 0.3) is 5.91 Å². The van der Waals surface area contributed by atoms with E-state index in [-0.39, 0.29) is 11.8 Å². The summed E-state index contributed by atoms with van der Waals surface area (Å²) in [5, 5.41) is 18.5. The van der Waals surface area contributed by atoms with Gasteiger partial charge in [0.05, 0.1) is 0 Å². The average Bonchev–Trinajstić information content (AvgIpc) is 3.11. The molecule has 1 aromatic heterocycles. The number of halogens is 1. The highest BCUT2D eigenvalue weighted by Gasteiger charge is 2.41. The van der Waals surface area contributed by atoms with E-state index in [0.717, 1.165) is 24.3 Å². The van der Waals surface area contributed by atoms with Gasteiger partial charge in [0.1, 0.15) is 10.5 Å². The first kappa shape index (κ1) is 20.5. The van der Waals surface area contributed by atoms with E-state index >= 15 is 0 Å². The molecule has 1 fully saturated rings. The van der Waals surface area contributed by atoms with Gasteiger partial charge in [-0.1, -0.05) is 62.1 Å². The van der Waals surface area contributed by atoms with Crippen LogP contribution in [0, 0.1) is 0 Å². The summed E-state index contributed by atoms with van der Waals surface area (Å²) in [6, 6.07) is 6.45. The van der Waals surface area contributed by atoms with E-state index in [2.05, 4.69) is 26.1 Å². The normalized spacial score (nSPS) is 15.9. The Balaban J connectivity index is 1.71. The van der Waals surface area contributed by atoms with Gasteiger partial charge in [-0.25, -0.2) is 4.79 Å². The monoisotopic (exact) mass is 421 g/mol. The molecule has 3 amide bonds. The number of urea groups is 1. The number of hydrogen-bond acceptors (Lipinski definition) is 5. The molecular weight excluding hydrogens is 398 g/mol. The van der Waals surface area contributed by atoms with Gasteiger partial charge in [-0.15, -0.1) is 10.2 Å². The van der Waals surface area contributed by atoms with Crippen LogP contribution in [0.25, 0.3) is 0 Å². The van der Waals surface area contributed by atoms with Crippen molar-refractivity contribution in [3.8, 4) is 0 Å². The average molecular weight is 422 g/mol. The first-order valence-corrected chi connectivity index (χ1v) is 10.6. The van der Waals surface area contributed by atoms with Crippen molar-refractivity contribution in [2.45, 2.75) is 57.4 Å². The molecule has 0 saturated heterocycles. The molecule has 1 heterocycles. The molecule has 150 valence electrons. The highest BCUT2D eigenvalue weighted by atomic mass is 35.5. The number of carbonyl (C=O) groups excluding carboxylic acids is 2. The molecule has 0 unspecified atom stereocenters. The summed E-state index contributed by atoms with van der Waals surface area (Å²) < 4.78 is 0. The number of hydrogen-bond donors (Lipinski definition) is 3. The molecule has 7 nitrogen and oxygen atoms in total. The third-order valence-electron chi connectivity index (χ3n) is 4.73. The Labute approximate surface area is 173 Å². The van der Waals surface area contributed by atoms with Crippen LogP contribution < -0.4 is 16.0 Å². The van der Waals surface area contributed by atoms with E-state index in [1.165, 1.54) is 11.3 Å². The smallest absolute Gasteiger partial charge is 0.320 e. The Morgan fingerprint density at radius 1 is 1.14 bits per heavy atom. The second-order valence-electron chi connectivity index (χ2n) is 7.29. The van der Waals surface area contributed by atoms with Crippen molar-refractivity contribution in [1.29, 1.82) is 0 Å². The fraction of sp³-hybridized carbons (Fsp3) is 0.474. The third-order valence-corrected chi connectivity index (χ3v) is 6.11. The van der Waals surface area contributed by atoms with Crippen molar-refractivity contribution in [3.05, 3.63) is 34.3 Å². The summed E-state index contributed by atoms with van der Waals surface area (Å²) in [5.74, 6) is -0.00621. The second kappa shape index (κ2) is 8.87. The minimum Gasteiger partial charge on any atom is -0.323 e. The molecule has 0 bridgehead atoms. The number of amides is 3. The van der Waals surface area contributed by atoms with Crippen molar-refractivity contribution in [2.75, 3.05) is 10.6 Å². The van der Waals surface area contributed by atoms with Crippen LogP contribution in [0.3, 0.4) is 0 Å². The zero-order chi connectivity index (χ0) is 20.1. The maximum Gasteiger partial charge on any atom is 0.320 e. The standard InChI is InChI=1S/C19H24ClN5O2S/c1-12(2)15-24-25-18(28-15)22-16(26)19(9-4-3-5-10-19)23-17(27)21-14-8-6-7-13(20)11-14/h6-8,11-12H,3-5,9-10H2,1-2H3,(H2,21,23,27)(H,22,25,26). The molecule has 28 heavy (non-hydrogen) atoms. The lowest BCUT2D eigenvalue weighted by atomic mass is 9.81. The minimum absolute atomic E-state index is 0.244. The first-order valence-electron chi connectivity index (χ1n) is 9.37. The van der Waals surface area contributed by atoms with Crippen molar-refractivity contribution < 1.29 is 9.59 Å². The Bertz CT molecular complexity index is 848. The number of aromatic nitrogens is 2. The van der Waals surface area contributed by atoms with E-state index in [1.807, 2.05) is 13.8 Å². The summed E-state index contributed by atoms with van der Waals surface area (Å²) in [5.41, 5.74) is -0.396. The van der Waals surface area contributed by atoms with Crippen LogP contribution >= 0.6 is 22.9 Å². The number of carbonyl (C=O) groups is 2. The van der Waals surface area contributed by atoms with Crippen molar-refractivity contribution in [3.63, 3.8) is 0 Å². The van der Waals surface area contributed by atoms with E-state index < -0.39 is 11.6 Å². The Morgan fingerprint density at radius 2 is 1.89 bits per heavy atom. The van der Waals surface area contributed by atoms with Crippen LogP contribution in [-0.4, -0.2) is 27.7 Å². The summed E-state index contributed by atoms with van der Waals surface area (Å²) in [4.78, 5) is 25.7. The number of rotatable bonds is 5. The zero-order valence-corrected chi connectivity index (χ0v) is 17.5. The lowest BCUT2D eigenvalue weighted by molar-refractivity contribution is -0.123. The van der Waals surface area contributed by atoms with Gasteiger partial charge in [0, 0.05) is 16.6 Å². The molecule has 2 aromatic rings. The molecule has 1 aliphatic rings. The maximum absolute atomic E-state index is 13.1. The van der Waals surface area contributed by atoms with E-state index in [4.69, 9.17) is 11.6 Å². The molecule has 3 N–H and O–H groups in total. The van der Waals surface area contributed by atoms with E-state index in [0.29, 0.717) is 28.7 Å². The van der Waals surface area contributed by atoms with Crippen LogP contribution in [-0.2, 0) is 4.79 Å². The SMILES string of the molecule is CC(C)c1nnc(NC(=O)C2(NC(=O)Nc3cccc(Cl)c3)CCCCC2)s1. The van der Waals surface area contributed by atoms with Crippen molar-refractivity contribution >= 4 is 45.7 Å². The van der Waals surface area contributed by atoms with Crippen LogP contribution in [0.5, 0.6) is 0 Å². The third kappa shape index (κ3) is 4.99. The topological polar surface area (TPSA) is 96.0 Å². The molecule has 3 rings (SSSR count). The number of nitrogens with one attached hydrogen (secondary N) is 3. The maximum atomic E-state index is 13.1. The van der Waals surface area contributed by atoms with E-state index in [1.54, 1.807) is 24.3 Å². The van der Waals surface area contributed by atoms with Gasteiger partial charge in [-0.05, 0) is 31.0 Å². The summed E-state index contributed by atoms with van der Waals surface area (Å²) in [7, 11) is 0. The molecule has 1 aromatic carbocycles. The predicted molar refractivity (Wildman–Crippen MR) is 112 cm³/mol. The number of benzene rings is 1.